The Morgan fingerprint density at radius 1 is 0.860 bits per heavy atom. The Bertz CT molecular complexity index is 1790. The number of carbonyl (C=O) groups excluding carboxylic acids is 1. The third-order valence-electron chi connectivity index (χ3n) is 6.36. The molecule has 43 heavy (non-hydrogen) atoms. The number of rotatable bonds is 8. The SMILES string of the molecule is CCOC(=O)/C=C/c1c(C)nc(N)nc1NCc1ccccc1.Cc1nc(N)nc2c1ccc(=O)n2Cc1ccccc1. The minimum absolute atomic E-state index is 0.0983. The predicted octanol–water partition coefficient (Wildman–Crippen LogP) is 4.29. The molecule has 0 aliphatic heterocycles. The molecule has 0 aliphatic carbocycles. The largest absolute Gasteiger partial charge is 0.463 e. The number of esters is 1. The second-order valence-corrected chi connectivity index (χ2v) is 9.50. The highest BCUT2D eigenvalue weighted by Gasteiger charge is 2.10. The number of nitrogens with two attached hydrogens (primary N) is 2. The smallest absolute Gasteiger partial charge is 0.330 e. The van der Waals surface area contributed by atoms with Crippen LogP contribution in [-0.4, -0.2) is 37.1 Å². The van der Waals surface area contributed by atoms with Crippen LogP contribution in [0.1, 0.15) is 35.0 Å². The lowest BCUT2D eigenvalue weighted by Crippen LogP contribution is -2.21. The van der Waals surface area contributed by atoms with Gasteiger partial charge in [-0.3, -0.25) is 9.36 Å². The number of nitrogens with one attached hydrogen (secondary N) is 1. The molecule has 3 aromatic heterocycles. The van der Waals surface area contributed by atoms with Crippen LogP contribution >= 0.6 is 0 Å². The molecule has 5 aromatic rings. The van der Waals surface area contributed by atoms with Crippen molar-refractivity contribution in [2.75, 3.05) is 23.4 Å². The topological polar surface area (TPSA) is 164 Å². The molecule has 3 heterocycles. The first-order chi connectivity index (χ1) is 20.7. The highest BCUT2D eigenvalue weighted by atomic mass is 16.5. The second-order valence-electron chi connectivity index (χ2n) is 9.50. The van der Waals surface area contributed by atoms with E-state index in [-0.39, 0.29) is 17.5 Å². The highest BCUT2D eigenvalue weighted by Crippen LogP contribution is 2.20. The molecule has 11 nitrogen and oxygen atoms in total. The zero-order valence-electron chi connectivity index (χ0n) is 24.3. The van der Waals surface area contributed by atoms with Gasteiger partial charge in [-0.25, -0.2) is 14.8 Å². The zero-order chi connectivity index (χ0) is 30.8. The number of ether oxygens (including phenoxy) is 1. The molecule has 0 aliphatic rings. The van der Waals surface area contributed by atoms with Gasteiger partial charge in [-0.15, -0.1) is 0 Å². The molecular weight excluding hydrogens is 544 g/mol. The van der Waals surface area contributed by atoms with Crippen LogP contribution in [0.3, 0.4) is 0 Å². The number of aromatic nitrogens is 5. The number of hydrogen-bond donors (Lipinski definition) is 3. The quantitative estimate of drug-likeness (QED) is 0.179. The summed E-state index contributed by atoms with van der Waals surface area (Å²) >= 11 is 0. The molecular formula is C32H34N8O3. The van der Waals surface area contributed by atoms with Gasteiger partial charge in [0.2, 0.25) is 11.9 Å². The van der Waals surface area contributed by atoms with E-state index in [4.69, 9.17) is 16.2 Å². The molecule has 0 spiro atoms. The van der Waals surface area contributed by atoms with Gasteiger partial charge < -0.3 is 21.5 Å². The molecule has 0 saturated heterocycles. The van der Waals surface area contributed by atoms with E-state index in [1.807, 2.05) is 74.5 Å². The Morgan fingerprint density at radius 2 is 1.49 bits per heavy atom. The molecule has 0 radical (unpaired) electrons. The van der Waals surface area contributed by atoms with Crippen molar-refractivity contribution in [3.05, 3.63) is 117 Å². The fourth-order valence-corrected chi connectivity index (χ4v) is 4.32. The molecule has 220 valence electrons. The fourth-order valence-electron chi connectivity index (χ4n) is 4.32. The van der Waals surface area contributed by atoms with Crippen LogP contribution in [0.4, 0.5) is 17.7 Å². The Morgan fingerprint density at radius 3 is 2.16 bits per heavy atom. The number of nitrogen functional groups attached to an aromatic ring is 2. The van der Waals surface area contributed by atoms with Crippen molar-refractivity contribution >= 4 is 40.8 Å². The van der Waals surface area contributed by atoms with Crippen molar-refractivity contribution in [2.45, 2.75) is 33.9 Å². The summed E-state index contributed by atoms with van der Waals surface area (Å²) in [5.41, 5.74) is 16.2. The number of fused-ring (bicyclic) bond motifs is 1. The number of pyridine rings is 1. The van der Waals surface area contributed by atoms with Gasteiger partial charge in [0.05, 0.1) is 24.5 Å². The molecule has 0 atom stereocenters. The third-order valence-corrected chi connectivity index (χ3v) is 6.36. The monoisotopic (exact) mass is 578 g/mol. The number of nitrogens with zero attached hydrogens (tertiary/aromatic N) is 5. The first-order valence-corrected chi connectivity index (χ1v) is 13.7. The van der Waals surface area contributed by atoms with Crippen molar-refractivity contribution in [3.8, 4) is 0 Å². The Labute approximate surface area is 249 Å². The van der Waals surface area contributed by atoms with Gasteiger partial charge in [0.15, 0.2) is 0 Å². The van der Waals surface area contributed by atoms with Crippen LogP contribution in [0.2, 0.25) is 0 Å². The normalized spacial score (nSPS) is 10.8. The molecule has 11 heteroatoms. The minimum Gasteiger partial charge on any atom is -0.463 e. The zero-order valence-corrected chi connectivity index (χ0v) is 24.3. The minimum atomic E-state index is -0.405. The maximum atomic E-state index is 12.1. The summed E-state index contributed by atoms with van der Waals surface area (Å²) in [4.78, 5) is 40.3. The van der Waals surface area contributed by atoms with E-state index in [0.717, 1.165) is 22.2 Å². The fraction of sp³-hybridized carbons (Fsp3) is 0.188. The molecule has 0 fully saturated rings. The van der Waals surface area contributed by atoms with Crippen molar-refractivity contribution < 1.29 is 9.53 Å². The summed E-state index contributed by atoms with van der Waals surface area (Å²) in [7, 11) is 0. The van der Waals surface area contributed by atoms with Gasteiger partial charge in [0.1, 0.15) is 11.5 Å². The van der Waals surface area contributed by atoms with Crippen LogP contribution < -0.4 is 22.3 Å². The molecule has 0 amide bonds. The van der Waals surface area contributed by atoms with E-state index < -0.39 is 5.97 Å². The summed E-state index contributed by atoms with van der Waals surface area (Å²) in [6, 6.07) is 23.0. The van der Waals surface area contributed by atoms with Crippen molar-refractivity contribution in [3.63, 3.8) is 0 Å². The summed E-state index contributed by atoms with van der Waals surface area (Å²) in [6.07, 6.45) is 3.00. The van der Waals surface area contributed by atoms with Crippen LogP contribution in [-0.2, 0) is 22.6 Å². The second kappa shape index (κ2) is 14.4. The van der Waals surface area contributed by atoms with Gasteiger partial charge in [0.25, 0.3) is 5.56 Å². The van der Waals surface area contributed by atoms with Crippen molar-refractivity contribution in [1.82, 2.24) is 24.5 Å². The van der Waals surface area contributed by atoms with Gasteiger partial charge in [0, 0.05) is 29.6 Å². The Hall–Kier alpha value is -5.58. The number of anilines is 3. The average Bonchev–Trinajstić information content (AvgIpc) is 2.98. The van der Waals surface area contributed by atoms with E-state index in [9.17, 15) is 9.59 Å². The number of hydrogen-bond acceptors (Lipinski definition) is 10. The predicted molar refractivity (Wildman–Crippen MR) is 169 cm³/mol. The number of benzene rings is 2. The van der Waals surface area contributed by atoms with Crippen LogP contribution in [0, 0.1) is 13.8 Å². The maximum absolute atomic E-state index is 12.1. The van der Waals surface area contributed by atoms with Crippen LogP contribution in [0.15, 0.2) is 83.7 Å². The van der Waals surface area contributed by atoms with E-state index >= 15 is 0 Å². The van der Waals surface area contributed by atoms with Crippen LogP contribution in [0.5, 0.6) is 0 Å². The van der Waals surface area contributed by atoms with Gasteiger partial charge in [-0.1, -0.05) is 60.7 Å². The van der Waals surface area contributed by atoms with Crippen molar-refractivity contribution in [1.29, 1.82) is 0 Å². The molecule has 0 unspecified atom stereocenters. The summed E-state index contributed by atoms with van der Waals surface area (Å²) in [6.45, 7) is 6.83. The van der Waals surface area contributed by atoms with Gasteiger partial charge >= 0.3 is 5.97 Å². The Balaban J connectivity index is 0.000000198. The first kappa shape index (κ1) is 30.4. The lowest BCUT2D eigenvalue weighted by Gasteiger charge is -2.11. The summed E-state index contributed by atoms with van der Waals surface area (Å²) in [5, 5.41) is 4.07. The molecule has 0 bridgehead atoms. The van der Waals surface area contributed by atoms with E-state index in [1.54, 1.807) is 23.6 Å². The molecule has 5 N–H and O–H groups in total. The summed E-state index contributed by atoms with van der Waals surface area (Å²) in [5.74, 6) is 0.547. The number of aryl methyl sites for hydroxylation is 2. The molecule has 0 saturated carbocycles. The van der Waals surface area contributed by atoms with Crippen LogP contribution in [0.25, 0.3) is 17.1 Å². The third kappa shape index (κ3) is 8.23. The Kier molecular flexibility index (Phi) is 10.1. The molecule has 2 aromatic carbocycles. The lowest BCUT2D eigenvalue weighted by atomic mass is 10.2. The number of carbonyl (C=O) groups is 1. The average molecular weight is 579 g/mol. The lowest BCUT2D eigenvalue weighted by molar-refractivity contribution is -0.137. The van der Waals surface area contributed by atoms with E-state index in [0.29, 0.717) is 42.4 Å². The maximum Gasteiger partial charge on any atom is 0.330 e. The summed E-state index contributed by atoms with van der Waals surface area (Å²) < 4.78 is 6.51. The van der Waals surface area contributed by atoms with Gasteiger partial charge in [-0.05, 0) is 44.0 Å². The van der Waals surface area contributed by atoms with E-state index in [1.165, 1.54) is 12.1 Å². The van der Waals surface area contributed by atoms with Crippen molar-refractivity contribution in [2.24, 2.45) is 0 Å². The van der Waals surface area contributed by atoms with E-state index in [2.05, 4.69) is 25.3 Å². The standard InChI is InChI=1S/C17H20N4O2.C15H14N4O/c1-3-23-15(22)10-9-14-12(2)20-17(18)21-16(14)19-11-13-7-5-4-6-8-13;1-10-12-7-8-13(20)19(14(12)18-15(16)17-10)9-11-5-3-2-4-6-11/h4-10H,3,11H2,1-2H3,(H3,18,19,20,21);2-8H,9H2,1H3,(H2,16,17,18)/b10-9+;. The first-order valence-electron chi connectivity index (χ1n) is 13.7. The van der Waals surface area contributed by atoms with Gasteiger partial charge in [-0.2, -0.15) is 9.97 Å². The molecule has 5 rings (SSSR count). The highest BCUT2D eigenvalue weighted by molar-refractivity contribution is 5.88.